The van der Waals surface area contributed by atoms with Crippen LogP contribution in [0.4, 0.5) is 0 Å². The van der Waals surface area contributed by atoms with E-state index in [0.717, 1.165) is 11.1 Å². The Bertz CT molecular complexity index is 1310. The molecule has 4 rings (SSSR count). The highest BCUT2D eigenvalue weighted by Gasteiger charge is 2.15. The number of aromatic nitrogens is 2. The van der Waals surface area contributed by atoms with Crippen LogP contribution in [0.25, 0.3) is 22.3 Å². The molecule has 2 N–H and O–H groups in total. The number of carboxylic acid groups (broad SMARTS) is 1. The van der Waals surface area contributed by atoms with Crippen LogP contribution in [-0.4, -0.2) is 33.6 Å². The van der Waals surface area contributed by atoms with Gasteiger partial charge in [-0.05, 0) is 42.3 Å². The first kappa shape index (κ1) is 23.2. The summed E-state index contributed by atoms with van der Waals surface area (Å²) in [6.45, 7) is 0.554. The Labute approximate surface area is 201 Å². The van der Waals surface area contributed by atoms with Crippen LogP contribution in [0.2, 0.25) is 5.02 Å². The van der Waals surface area contributed by atoms with Gasteiger partial charge in [-0.2, -0.15) is 0 Å². The van der Waals surface area contributed by atoms with Crippen LogP contribution in [0.5, 0.6) is 5.88 Å². The number of carbonyl (C=O) groups excluding carboxylic acids is 1. The minimum absolute atomic E-state index is 0.000378. The van der Waals surface area contributed by atoms with E-state index in [-0.39, 0.29) is 18.9 Å². The van der Waals surface area contributed by atoms with E-state index in [1.807, 2.05) is 42.5 Å². The molecule has 0 atom stereocenters. The topological polar surface area (TPSA) is 101 Å². The molecule has 0 fully saturated rings. The quantitative estimate of drug-likeness (QED) is 0.326. The second-order valence-corrected chi connectivity index (χ2v) is 8.04. The van der Waals surface area contributed by atoms with Gasteiger partial charge in [0.2, 0.25) is 5.88 Å². The van der Waals surface area contributed by atoms with Crippen molar-refractivity contribution in [2.45, 2.75) is 19.4 Å². The SMILES string of the molecule is O=C(O)CCCOc1nc2cc(C(=O)NCc3ccc(Cl)cc3)ccc2nc1-c1ccccc1. The van der Waals surface area contributed by atoms with Crippen LogP contribution >= 0.6 is 11.6 Å². The zero-order valence-electron chi connectivity index (χ0n) is 18.2. The number of fused-ring (bicyclic) bond motifs is 1. The number of rotatable bonds is 9. The normalized spacial score (nSPS) is 10.7. The van der Waals surface area contributed by atoms with Gasteiger partial charge in [0.15, 0.2) is 0 Å². The summed E-state index contributed by atoms with van der Waals surface area (Å²) in [5.74, 6) is -0.830. The van der Waals surface area contributed by atoms with E-state index in [2.05, 4.69) is 10.3 Å². The summed E-state index contributed by atoms with van der Waals surface area (Å²) >= 11 is 5.91. The molecule has 0 saturated carbocycles. The monoisotopic (exact) mass is 475 g/mol. The van der Waals surface area contributed by atoms with Gasteiger partial charge >= 0.3 is 5.97 Å². The van der Waals surface area contributed by atoms with E-state index < -0.39 is 5.97 Å². The third-order valence-corrected chi connectivity index (χ3v) is 5.33. The third kappa shape index (κ3) is 5.88. The number of hydrogen-bond acceptors (Lipinski definition) is 5. The Morgan fingerprint density at radius 1 is 0.941 bits per heavy atom. The zero-order chi connectivity index (χ0) is 23.9. The lowest BCUT2D eigenvalue weighted by molar-refractivity contribution is -0.137. The van der Waals surface area contributed by atoms with E-state index in [0.29, 0.717) is 46.2 Å². The van der Waals surface area contributed by atoms with Crippen molar-refractivity contribution in [3.05, 3.63) is 88.9 Å². The van der Waals surface area contributed by atoms with Gasteiger partial charge in [0.25, 0.3) is 5.91 Å². The van der Waals surface area contributed by atoms with Gasteiger partial charge in [-0.25, -0.2) is 9.97 Å². The average Bonchev–Trinajstić information content (AvgIpc) is 2.85. The van der Waals surface area contributed by atoms with Crippen LogP contribution in [0.3, 0.4) is 0 Å². The number of nitrogens with zero attached hydrogens (tertiary/aromatic N) is 2. The number of nitrogens with one attached hydrogen (secondary N) is 1. The molecule has 34 heavy (non-hydrogen) atoms. The Hall–Kier alpha value is -3.97. The van der Waals surface area contributed by atoms with Gasteiger partial charge in [-0.15, -0.1) is 0 Å². The fourth-order valence-corrected chi connectivity index (χ4v) is 3.47. The molecular weight excluding hydrogens is 454 g/mol. The molecule has 0 unspecified atom stereocenters. The summed E-state index contributed by atoms with van der Waals surface area (Å²) in [6, 6.07) is 21.9. The van der Waals surface area contributed by atoms with Crippen LogP contribution in [0, 0.1) is 0 Å². The number of benzene rings is 3. The number of amides is 1. The van der Waals surface area contributed by atoms with Gasteiger partial charge in [-0.1, -0.05) is 54.1 Å². The van der Waals surface area contributed by atoms with Gasteiger partial charge < -0.3 is 15.2 Å². The van der Waals surface area contributed by atoms with Crippen LogP contribution < -0.4 is 10.1 Å². The number of halogens is 1. The fourth-order valence-electron chi connectivity index (χ4n) is 3.34. The van der Waals surface area contributed by atoms with E-state index >= 15 is 0 Å². The van der Waals surface area contributed by atoms with E-state index in [9.17, 15) is 9.59 Å². The first-order chi connectivity index (χ1) is 16.5. The molecule has 172 valence electrons. The van der Waals surface area contributed by atoms with Gasteiger partial charge in [0, 0.05) is 29.1 Å². The van der Waals surface area contributed by atoms with Crippen molar-refractivity contribution in [3.8, 4) is 17.1 Å². The highest BCUT2D eigenvalue weighted by Crippen LogP contribution is 2.29. The molecule has 0 aliphatic rings. The number of carboxylic acids is 1. The molecule has 0 aliphatic heterocycles. The standard InChI is InChI=1S/C26H22ClN3O4/c27-20-11-8-17(9-12-20)16-28-25(33)19-10-13-21-22(15-19)30-26(34-14-4-7-23(31)32)24(29-21)18-5-2-1-3-6-18/h1-3,5-6,8-13,15H,4,7,14,16H2,(H,28,33)(H,31,32). The molecule has 1 aromatic heterocycles. The van der Waals surface area contributed by atoms with Crippen LogP contribution in [0.1, 0.15) is 28.8 Å². The molecule has 1 heterocycles. The third-order valence-electron chi connectivity index (χ3n) is 5.08. The van der Waals surface area contributed by atoms with Gasteiger partial charge in [0.1, 0.15) is 5.69 Å². The number of ether oxygens (including phenoxy) is 1. The minimum atomic E-state index is -0.884. The van der Waals surface area contributed by atoms with Crippen molar-refractivity contribution in [3.63, 3.8) is 0 Å². The molecular formula is C26H22ClN3O4. The predicted octanol–water partition coefficient (Wildman–Crippen LogP) is 5.12. The zero-order valence-corrected chi connectivity index (χ0v) is 19.0. The number of carbonyl (C=O) groups is 2. The van der Waals surface area contributed by atoms with Crippen LogP contribution in [-0.2, 0) is 11.3 Å². The number of aliphatic carboxylic acids is 1. The van der Waals surface area contributed by atoms with Crippen molar-refractivity contribution in [2.24, 2.45) is 0 Å². The lowest BCUT2D eigenvalue weighted by Crippen LogP contribution is -2.22. The van der Waals surface area contributed by atoms with Gasteiger partial charge in [0.05, 0.1) is 17.6 Å². The second kappa shape index (κ2) is 10.8. The molecule has 0 aliphatic carbocycles. The Kier molecular flexibility index (Phi) is 7.34. The van der Waals surface area contributed by atoms with E-state index in [4.69, 9.17) is 26.4 Å². The highest BCUT2D eigenvalue weighted by molar-refractivity contribution is 6.30. The lowest BCUT2D eigenvalue weighted by Gasteiger charge is -2.12. The fraction of sp³-hybridized carbons (Fsp3) is 0.154. The summed E-state index contributed by atoms with van der Waals surface area (Å²) in [4.78, 5) is 32.8. The first-order valence-corrected chi connectivity index (χ1v) is 11.1. The second-order valence-electron chi connectivity index (χ2n) is 7.60. The molecule has 0 saturated heterocycles. The van der Waals surface area contributed by atoms with Crippen LogP contribution in [0.15, 0.2) is 72.8 Å². The Balaban J connectivity index is 1.58. The Morgan fingerprint density at radius 2 is 1.71 bits per heavy atom. The van der Waals surface area contributed by atoms with Crippen molar-refractivity contribution >= 4 is 34.5 Å². The van der Waals surface area contributed by atoms with Gasteiger partial charge in [-0.3, -0.25) is 9.59 Å². The van der Waals surface area contributed by atoms with Crippen molar-refractivity contribution in [1.82, 2.24) is 15.3 Å². The summed E-state index contributed by atoms with van der Waals surface area (Å²) in [7, 11) is 0. The van der Waals surface area contributed by atoms with E-state index in [1.165, 1.54) is 0 Å². The first-order valence-electron chi connectivity index (χ1n) is 10.7. The molecule has 0 bridgehead atoms. The maximum Gasteiger partial charge on any atom is 0.303 e. The smallest absolute Gasteiger partial charge is 0.303 e. The number of hydrogen-bond donors (Lipinski definition) is 2. The molecule has 1 amide bonds. The largest absolute Gasteiger partial charge is 0.481 e. The van der Waals surface area contributed by atoms with Crippen molar-refractivity contribution in [2.75, 3.05) is 6.61 Å². The maximum atomic E-state index is 12.7. The minimum Gasteiger partial charge on any atom is -0.481 e. The maximum absolute atomic E-state index is 12.7. The molecule has 0 radical (unpaired) electrons. The molecule has 4 aromatic rings. The average molecular weight is 476 g/mol. The lowest BCUT2D eigenvalue weighted by atomic mass is 10.1. The van der Waals surface area contributed by atoms with Crippen molar-refractivity contribution in [1.29, 1.82) is 0 Å². The van der Waals surface area contributed by atoms with Crippen molar-refractivity contribution < 1.29 is 19.4 Å². The summed E-state index contributed by atoms with van der Waals surface area (Å²) in [6.07, 6.45) is 0.343. The molecule has 3 aromatic carbocycles. The summed E-state index contributed by atoms with van der Waals surface area (Å²) < 4.78 is 5.82. The molecule has 7 nitrogen and oxygen atoms in total. The predicted molar refractivity (Wildman–Crippen MR) is 130 cm³/mol. The molecule has 0 spiro atoms. The van der Waals surface area contributed by atoms with E-state index in [1.54, 1.807) is 30.3 Å². The highest BCUT2D eigenvalue weighted by atomic mass is 35.5. The summed E-state index contributed by atoms with van der Waals surface area (Å²) in [5, 5.41) is 12.4. The summed E-state index contributed by atoms with van der Waals surface area (Å²) in [5.41, 5.74) is 3.89. The Morgan fingerprint density at radius 3 is 2.44 bits per heavy atom. The molecule has 8 heteroatoms.